The molecule has 0 N–H and O–H groups in total. The second-order valence-corrected chi connectivity index (χ2v) is 7.66. The number of amides is 1. The van der Waals surface area contributed by atoms with Gasteiger partial charge in [-0.15, -0.1) is 0 Å². The maximum atomic E-state index is 12.6. The number of rotatable bonds is 5. The third-order valence-electron chi connectivity index (χ3n) is 5.04. The maximum Gasteiger partial charge on any atom is 0.410 e. The van der Waals surface area contributed by atoms with Crippen molar-refractivity contribution in [3.8, 4) is 17.1 Å². The number of pyridine rings is 1. The predicted octanol–water partition coefficient (Wildman–Crippen LogP) is 2.81. The molecule has 9 heteroatoms. The van der Waals surface area contributed by atoms with E-state index in [2.05, 4.69) is 10.1 Å². The Balaban J connectivity index is 1.37. The number of likely N-dealkylation sites (tertiary alicyclic amines) is 1. The van der Waals surface area contributed by atoms with E-state index in [9.17, 15) is 9.59 Å². The van der Waals surface area contributed by atoms with Crippen LogP contribution in [0.5, 0.6) is 5.75 Å². The van der Waals surface area contributed by atoms with Crippen LogP contribution in [0.15, 0.2) is 60.0 Å². The van der Waals surface area contributed by atoms with E-state index in [-0.39, 0.29) is 23.9 Å². The van der Waals surface area contributed by atoms with Gasteiger partial charge in [-0.05, 0) is 44.2 Å². The lowest BCUT2D eigenvalue weighted by atomic mass is 10.1. The molecule has 162 valence electrons. The van der Waals surface area contributed by atoms with Crippen LogP contribution in [0.4, 0.5) is 4.79 Å². The summed E-state index contributed by atoms with van der Waals surface area (Å²) in [5.41, 5.74) is 1.43. The van der Waals surface area contributed by atoms with Crippen LogP contribution >= 0.6 is 0 Å². The number of nitrogens with zero attached hydrogens (tertiary/aromatic N) is 5. The van der Waals surface area contributed by atoms with E-state index >= 15 is 0 Å². The second-order valence-electron chi connectivity index (χ2n) is 7.66. The van der Waals surface area contributed by atoms with Crippen molar-refractivity contribution in [1.29, 1.82) is 0 Å². The van der Waals surface area contributed by atoms with Crippen LogP contribution in [-0.4, -0.2) is 55.6 Å². The first-order valence-electron chi connectivity index (χ1n) is 10.3. The number of hydrogen-bond donors (Lipinski definition) is 0. The molecule has 1 aliphatic rings. The van der Waals surface area contributed by atoms with E-state index < -0.39 is 0 Å². The molecule has 0 aliphatic carbocycles. The van der Waals surface area contributed by atoms with Crippen LogP contribution in [0.25, 0.3) is 11.4 Å². The SMILES string of the molecule is CC(C)OC(=O)N1CCC(Oc2ccn(-c3ccc(-n4cncn4)cc3)c(=O)c2)CC1. The lowest BCUT2D eigenvalue weighted by molar-refractivity contribution is 0.0516. The molecular weight excluding hydrogens is 398 g/mol. The van der Waals surface area contributed by atoms with E-state index in [1.165, 1.54) is 12.4 Å². The van der Waals surface area contributed by atoms with Gasteiger partial charge in [0.05, 0.1) is 11.8 Å². The van der Waals surface area contributed by atoms with Crippen molar-refractivity contribution in [2.45, 2.75) is 38.9 Å². The first-order chi connectivity index (χ1) is 15.0. The Morgan fingerprint density at radius 1 is 1.10 bits per heavy atom. The number of hydrogen-bond acceptors (Lipinski definition) is 6. The lowest BCUT2D eigenvalue weighted by Gasteiger charge is -2.32. The summed E-state index contributed by atoms with van der Waals surface area (Å²) in [6.07, 6.45) is 5.72. The van der Waals surface area contributed by atoms with Crippen LogP contribution in [0.2, 0.25) is 0 Å². The summed E-state index contributed by atoms with van der Waals surface area (Å²) in [4.78, 5) is 30.2. The van der Waals surface area contributed by atoms with E-state index in [0.717, 1.165) is 11.4 Å². The zero-order valence-electron chi connectivity index (χ0n) is 17.5. The van der Waals surface area contributed by atoms with Gasteiger partial charge >= 0.3 is 6.09 Å². The van der Waals surface area contributed by atoms with E-state index in [0.29, 0.717) is 31.7 Å². The third kappa shape index (κ3) is 4.93. The molecule has 9 nitrogen and oxygen atoms in total. The lowest BCUT2D eigenvalue weighted by Crippen LogP contribution is -2.42. The Bertz CT molecular complexity index is 1070. The first-order valence-corrected chi connectivity index (χ1v) is 10.3. The fraction of sp³-hybridized carbons (Fsp3) is 0.364. The smallest absolute Gasteiger partial charge is 0.410 e. The molecule has 0 saturated carbocycles. The van der Waals surface area contributed by atoms with Gasteiger partial charge in [-0.1, -0.05) is 0 Å². The van der Waals surface area contributed by atoms with Crippen LogP contribution in [0.1, 0.15) is 26.7 Å². The molecule has 2 aromatic heterocycles. The van der Waals surface area contributed by atoms with E-state index in [4.69, 9.17) is 9.47 Å². The largest absolute Gasteiger partial charge is 0.490 e. The molecule has 3 aromatic rings. The molecule has 1 saturated heterocycles. The predicted molar refractivity (Wildman–Crippen MR) is 114 cm³/mol. The average molecular weight is 423 g/mol. The minimum absolute atomic E-state index is 0.0414. The zero-order chi connectivity index (χ0) is 21.8. The first kappa shape index (κ1) is 20.6. The molecule has 4 rings (SSSR count). The van der Waals surface area contributed by atoms with Gasteiger partial charge in [0.1, 0.15) is 24.5 Å². The standard InChI is InChI=1S/C22H25N5O4/c1-16(2)30-22(29)25-10-7-19(8-11-25)31-20-9-12-26(21(28)13-20)17-3-5-18(6-4-17)27-15-23-14-24-27/h3-6,9,12-16,19H,7-8,10-11H2,1-2H3. The second kappa shape index (κ2) is 9.03. The summed E-state index contributed by atoms with van der Waals surface area (Å²) < 4.78 is 14.4. The highest BCUT2D eigenvalue weighted by atomic mass is 16.6. The third-order valence-corrected chi connectivity index (χ3v) is 5.04. The monoisotopic (exact) mass is 423 g/mol. The summed E-state index contributed by atoms with van der Waals surface area (Å²) in [5.74, 6) is 0.531. The van der Waals surface area contributed by atoms with Crippen molar-refractivity contribution < 1.29 is 14.3 Å². The summed E-state index contributed by atoms with van der Waals surface area (Å²) in [5, 5.41) is 4.09. The van der Waals surface area contributed by atoms with Gasteiger partial charge in [0.2, 0.25) is 0 Å². The molecule has 1 fully saturated rings. The Kier molecular flexibility index (Phi) is 6.01. The van der Waals surface area contributed by atoms with Gasteiger partial charge in [-0.2, -0.15) is 5.10 Å². The van der Waals surface area contributed by atoms with Gasteiger partial charge in [0.15, 0.2) is 0 Å². The number of aromatic nitrogens is 4. The average Bonchev–Trinajstić information content (AvgIpc) is 3.29. The summed E-state index contributed by atoms with van der Waals surface area (Å²) in [6.45, 7) is 4.82. The van der Waals surface area contributed by atoms with Gasteiger partial charge < -0.3 is 14.4 Å². The molecule has 0 radical (unpaired) electrons. The normalized spacial score (nSPS) is 14.6. The molecule has 1 aromatic carbocycles. The Morgan fingerprint density at radius 2 is 1.81 bits per heavy atom. The van der Waals surface area contributed by atoms with Crippen LogP contribution in [0, 0.1) is 0 Å². The molecule has 0 bridgehead atoms. The number of ether oxygens (including phenoxy) is 2. The van der Waals surface area contributed by atoms with Crippen LogP contribution < -0.4 is 10.3 Å². The Labute approximate surface area is 179 Å². The number of carbonyl (C=O) groups is 1. The fourth-order valence-electron chi connectivity index (χ4n) is 3.48. The molecule has 0 spiro atoms. The van der Waals surface area contributed by atoms with E-state index in [1.807, 2.05) is 38.1 Å². The quantitative estimate of drug-likeness (QED) is 0.627. The topological polar surface area (TPSA) is 91.5 Å². The summed E-state index contributed by atoms with van der Waals surface area (Å²) in [7, 11) is 0. The Morgan fingerprint density at radius 3 is 2.42 bits per heavy atom. The number of piperidine rings is 1. The highest BCUT2D eigenvalue weighted by Crippen LogP contribution is 2.19. The van der Waals surface area contributed by atoms with Gasteiger partial charge in [-0.25, -0.2) is 14.5 Å². The summed E-state index contributed by atoms with van der Waals surface area (Å²) >= 11 is 0. The minimum Gasteiger partial charge on any atom is -0.490 e. The van der Waals surface area contributed by atoms with Crippen molar-refractivity contribution in [2.24, 2.45) is 0 Å². The highest BCUT2D eigenvalue weighted by Gasteiger charge is 2.25. The molecule has 0 atom stereocenters. The van der Waals surface area contributed by atoms with Crippen molar-refractivity contribution >= 4 is 6.09 Å². The molecule has 31 heavy (non-hydrogen) atoms. The van der Waals surface area contributed by atoms with Crippen molar-refractivity contribution in [3.63, 3.8) is 0 Å². The number of carbonyl (C=O) groups excluding carboxylic acids is 1. The van der Waals surface area contributed by atoms with Crippen molar-refractivity contribution in [3.05, 3.63) is 65.6 Å². The zero-order valence-corrected chi connectivity index (χ0v) is 17.5. The molecule has 1 amide bonds. The Hall–Kier alpha value is -3.62. The minimum atomic E-state index is -0.286. The molecule has 1 aliphatic heterocycles. The van der Waals surface area contributed by atoms with Crippen LogP contribution in [0.3, 0.4) is 0 Å². The summed E-state index contributed by atoms with van der Waals surface area (Å²) in [6, 6.07) is 10.7. The maximum absolute atomic E-state index is 12.6. The molecule has 0 unspecified atom stereocenters. The van der Waals surface area contributed by atoms with Crippen molar-refractivity contribution in [1.82, 2.24) is 24.2 Å². The van der Waals surface area contributed by atoms with Gasteiger partial charge in [-0.3, -0.25) is 9.36 Å². The van der Waals surface area contributed by atoms with Gasteiger partial charge in [0.25, 0.3) is 5.56 Å². The molecule has 3 heterocycles. The molecular formula is C22H25N5O4. The van der Waals surface area contributed by atoms with Gasteiger partial charge in [0, 0.05) is 43.9 Å². The number of benzene rings is 1. The van der Waals surface area contributed by atoms with Crippen LogP contribution in [-0.2, 0) is 4.74 Å². The van der Waals surface area contributed by atoms with E-state index in [1.54, 1.807) is 32.7 Å². The van der Waals surface area contributed by atoms with Crippen molar-refractivity contribution in [2.75, 3.05) is 13.1 Å². The highest BCUT2D eigenvalue weighted by molar-refractivity contribution is 5.67. The fourth-order valence-corrected chi connectivity index (χ4v) is 3.48.